The number of hydrogen-bond donors (Lipinski definition) is 0. The lowest BCUT2D eigenvalue weighted by molar-refractivity contribution is 0.0991. The Morgan fingerprint density at radius 3 is 2.25 bits per heavy atom. The Morgan fingerprint density at radius 1 is 0.950 bits per heavy atom. The summed E-state index contributed by atoms with van der Waals surface area (Å²) in [5, 5.41) is 0. The van der Waals surface area contributed by atoms with Crippen LogP contribution in [-0.4, -0.2) is 20.0 Å². The molecule has 3 nitrogen and oxygen atoms in total. The molecule has 0 aromatic heterocycles. The number of ether oxygens (including phenoxy) is 2. The standard InChI is InChI=1S/C17H16O3/c1-19-12-5-3-11(4-6-12)15-10-17(18)14-8-7-13(20-2)9-16(14)15/h3-9,15H,10H2,1-2H3. The van der Waals surface area contributed by atoms with Gasteiger partial charge < -0.3 is 9.47 Å². The van der Waals surface area contributed by atoms with Gasteiger partial charge in [0, 0.05) is 17.9 Å². The summed E-state index contributed by atoms with van der Waals surface area (Å²) < 4.78 is 10.4. The van der Waals surface area contributed by atoms with Crippen molar-refractivity contribution in [1.29, 1.82) is 0 Å². The van der Waals surface area contributed by atoms with E-state index in [2.05, 4.69) is 0 Å². The van der Waals surface area contributed by atoms with Crippen LogP contribution in [0.25, 0.3) is 0 Å². The third kappa shape index (κ3) is 2.05. The van der Waals surface area contributed by atoms with Crippen LogP contribution in [0.3, 0.4) is 0 Å². The van der Waals surface area contributed by atoms with Gasteiger partial charge in [-0.15, -0.1) is 0 Å². The lowest BCUT2D eigenvalue weighted by Crippen LogP contribution is -1.97. The minimum absolute atomic E-state index is 0.110. The van der Waals surface area contributed by atoms with E-state index >= 15 is 0 Å². The Morgan fingerprint density at radius 2 is 1.60 bits per heavy atom. The second-order valence-corrected chi connectivity index (χ2v) is 4.91. The molecule has 1 aliphatic carbocycles. The fourth-order valence-electron chi connectivity index (χ4n) is 2.75. The molecule has 0 amide bonds. The van der Waals surface area contributed by atoms with E-state index in [0.717, 1.165) is 28.2 Å². The number of methoxy groups -OCH3 is 2. The summed E-state index contributed by atoms with van der Waals surface area (Å²) in [5.74, 6) is 1.92. The highest BCUT2D eigenvalue weighted by molar-refractivity contribution is 6.02. The molecule has 0 heterocycles. The minimum Gasteiger partial charge on any atom is -0.497 e. The van der Waals surface area contributed by atoms with Gasteiger partial charge in [0.25, 0.3) is 0 Å². The molecule has 0 fully saturated rings. The topological polar surface area (TPSA) is 35.5 Å². The second kappa shape index (κ2) is 5.00. The van der Waals surface area contributed by atoms with Crippen molar-refractivity contribution in [2.45, 2.75) is 12.3 Å². The van der Waals surface area contributed by atoms with Gasteiger partial charge >= 0.3 is 0 Å². The van der Waals surface area contributed by atoms with Crippen LogP contribution in [-0.2, 0) is 0 Å². The highest BCUT2D eigenvalue weighted by Gasteiger charge is 2.30. The zero-order valence-electron chi connectivity index (χ0n) is 11.6. The third-order valence-corrected chi connectivity index (χ3v) is 3.84. The van der Waals surface area contributed by atoms with E-state index in [-0.39, 0.29) is 11.7 Å². The quantitative estimate of drug-likeness (QED) is 0.855. The van der Waals surface area contributed by atoms with Gasteiger partial charge in [0.2, 0.25) is 0 Å². The molecule has 2 aromatic rings. The predicted octanol–water partition coefficient (Wildman–Crippen LogP) is 3.42. The van der Waals surface area contributed by atoms with Gasteiger partial charge in [0.05, 0.1) is 14.2 Å². The smallest absolute Gasteiger partial charge is 0.164 e. The Balaban J connectivity index is 2.02. The van der Waals surface area contributed by atoms with Crippen molar-refractivity contribution in [3.8, 4) is 11.5 Å². The first-order chi connectivity index (χ1) is 9.72. The number of carbonyl (C=O) groups excluding carboxylic acids is 1. The summed E-state index contributed by atoms with van der Waals surface area (Å²) in [6.45, 7) is 0. The molecule has 0 aliphatic heterocycles. The van der Waals surface area contributed by atoms with Crippen molar-refractivity contribution < 1.29 is 14.3 Å². The summed E-state index contributed by atoms with van der Waals surface area (Å²) >= 11 is 0. The van der Waals surface area contributed by atoms with Crippen molar-refractivity contribution in [2.75, 3.05) is 14.2 Å². The minimum atomic E-state index is 0.110. The van der Waals surface area contributed by atoms with E-state index in [1.54, 1.807) is 14.2 Å². The van der Waals surface area contributed by atoms with Crippen LogP contribution in [0.2, 0.25) is 0 Å². The van der Waals surface area contributed by atoms with Crippen molar-refractivity contribution >= 4 is 5.78 Å². The van der Waals surface area contributed by atoms with Crippen LogP contribution in [0, 0.1) is 0 Å². The maximum absolute atomic E-state index is 12.1. The van der Waals surface area contributed by atoms with Gasteiger partial charge in [-0.25, -0.2) is 0 Å². The van der Waals surface area contributed by atoms with E-state index in [4.69, 9.17) is 9.47 Å². The van der Waals surface area contributed by atoms with Gasteiger partial charge in [0.1, 0.15) is 11.5 Å². The molecule has 2 aromatic carbocycles. The van der Waals surface area contributed by atoms with E-state index in [0.29, 0.717) is 6.42 Å². The number of hydrogen-bond acceptors (Lipinski definition) is 3. The zero-order valence-corrected chi connectivity index (χ0v) is 11.6. The molecule has 102 valence electrons. The SMILES string of the molecule is COc1ccc(C2CC(=O)c3ccc(OC)cc32)cc1. The molecule has 20 heavy (non-hydrogen) atoms. The summed E-state index contributed by atoms with van der Waals surface area (Å²) in [6.07, 6.45) is 0.523. The zero-order chi connectivity index (χ0) is 14.1. The molecular weight excluding hydrogens is 252 g/mol. The van der Waals surface area contributed by atoms with Crippen LogP contribution in [0.15, 0.2) is 42.5 Å². The Labute approximate surface area is 118 Å². The lowest BCUT2D eigenvalue weighted by atomic mass is 9.93. The summed E-state index contributed by atoms with van der Waals surface area (Å²) in [7, 11) is 3.29. The van der Waals surface area contributed by atoms with Gasteiger partial charge in [-0.2, -0.15) is 0 Å². The molecule has 0 bridgehead atoms. The van der Waals surface area contributed by atoms with E-state index in [1.807, 2.05) is 42.5 Å². The highest BCUT2D eigenvalue weighted by Crippen LogP contribution is 2.40. The van der Waals surface area contributed by atoms with Crippen LogP contribution < -0.4 is 9.47 Å². The number of benzene rings is 2. The molecule has 1 unspecified atom stereocenters. The second-order valence-electron chi connectivity index (χ2n) is 4.91. The van der Waals surface area contributed by atoms with Crippen molar-refractivity contribution in [3.63, 3.8) is 0 Å². The Bertz CT molecular complexity index is 644. The van der Waals surface area contributed by atoms with E-state index in [1.165, 1.54) is 0 Å². The summed E-state index contributed by atoms with van der Waals surface area (Å²) in [4.78, 5) is 12.1. The maximum Gasteiger partial charge on any atom is 0.164 e. The Hall–Kier alpha value is -2.29. The van der Waals surface area contributed by atoms with Crippen molar-refractivity contribution in [3.05, 3.63) is 59.2 Å². The molecule has 0 saturated carbocycles. The molecule has 1 aliphatic rings. The summed E-state index contributed by atoms with van der Waals surface area (Å²) in [5.41, 5.74) is 3.00. The first-order valence-corrected chi connectivity index (χ1v) is 6.58. The highest BCUT2D eigenvalue weighted by atomic mass is 16.5. The molecular formula is C17H16O3. The lowest BCUT2D eigenvalue weighted by Gasteiger charge is -2.12. The maximum atomic E-state index is 12.1. The van der Waals surface area contributed by atoms with Gasteiger partial charge in [-0.1, -0.05) is 12.1 Å². The fourth-order valence-corrected chi connectivity index (χ4v) is 2.75. The molecule has 1 atom stereocenters. The normalized spacial score (nSPS) is 16.9. The average Bonchev–Trinajstić information content (AvgIpc) is 2.84. The number of rotatable bonds is 3. The molecule has 0 radical (unpaired) electrons. The van der Waals surface area contributed by atoms with Crippen LogP contribution >= 0.6 is 0 Å². The number of ketones is 1. The van der Waals surface area contributed by atoms with Gasteiger partial charge in [-0.3, -0.25) is 4.79 Å². The van der Waals surface area contributed by atoms with E-state index < -0.39 is 0 Å². The average molecular weight is 268 g/mol. The van der Waals surface area contributed by atoms with Crippen molar-refractivity contribution in [2.24, 2.45) is 0 Å². The van der Waals surface area contributed by atoms with Crippen LogP contribution in [0.5, 0.6) is 11.5 Å². The predicted molar refractivity (Wildman–Crippen MR) is 76.8 cm³/mol. The number of fused-ring (bicyclic) bond motifs is 1. The van der Waals surface area contributed by atoms with Gasteiger partial charge in [0.15, 0.2) is 5.78 Å². The van der Waals surface area contributed by atoms with E-state index in [9.17, 15) is 4.79 Å². The molecule has 0 spiro atoms. The largest absolute Gasteiger partial charge is 0.497 e. The number of Topliss-reactive ketones (excluding diaryl/α,β-unsaturated/α-hetero) is 1. The molecule has 0 N–H and O–H groups in total. The van der Waals surface area contributed by atoms with Crippen LogP contribution in [0.1, 0.15) is 33.8 Å². The first-order valence-electron chi connectivity index (χ1n) is 6.58. The third-order valence-electron chi connectivity index (χ3n) is 3.84. The Kier molecular flexibility index (Phi) is 3.18. The fraction of sp³-hybridized carbons (Fsp3) is 0.235. The molecule has 0 saturated heterocycles. The molecule has 3 heteroatoms. The first kappa shape index (κ1) is 12.7. The van der Waals surface area contributed by atoms with Crippen LogP contribution in [0.4, 0.5) is 0 Å². The monoisotopic (exact) mass is 268 g/mol. The number of carbonyl (C=O) groups is 1. The summed E-state index contributed by atoms with van der Waals surface area (Å²) in [6, 6.07) is 13.6. The van der Waals surface area contributed by atoms with Gasteiger partial charge in [-0.05, 0) is 41.5 Å². The van der Waals surface area contributed by atoms with Crippen molar-refractivity contribution in [1.82, 2.24) is 0 Å². The molecule has 3 rings (SSSR count).